The zero-order valence-electron chi connectivity index (χ0n) is 18.3. The Kier molecular flexibility index (Phi) is 6.89. The number of halogens is 3. The first-order valence-corrected chi connectivity index (χ1v) is 13.0. The highest BCUT2D eigenvalue weighted by molar-refractivity contribution is 7.93. The largest absolute Gasteiger partial charge is 0.392 e. The zero-order chi connectivity index (χ0) is 25.3. The summed E-state index contributed by atoms with van der Waals surface area (Å²) in [5, 5.41) is 10.5. The fourth-order valence-corrected chi connectivity index (χ4v) is 5.83. The van der Waals surface area contributed by atoms with Gasteiger partial charge in [0.15, 0.2) is 0 Å². The highest BCUT2D eigenvalue weighted by Crippen LogP contribution is 2.28. The lowest BCUT2D eigenvalue weighted by atomic mass is 9.90. The van der Waals surface area contributed by atoms with Gasteiger partial charge in [-0.2, -0.15) is 13.2 Å². The van der Waals surface area contributed by atoms with Gasteiger partial charge in [0.2, 0.25) is 0 Å². The number of fused-ring (bicyclic) bond motifs is 1. The van der Waals surface area contributed by atoms with E-state index in [1.807, 2.05) is 0 Å². The number of aliphatic hydroxyl groups is 1. The number of thiazole rings is 1. The molecule has 0 atom stereocenters. The van der Waals surface area contributed by atoms with E-state index in [1.54, 1.807) is 17.6 Å². The van der Waals surface area contributed by atoms with Gasteiger partial charge in [-0.1, -0.05) is 18.2 Å². The van der Waals surface area contributed by atoms with Crippen molar-refractivity contribution in [2.75, 3.05) is 17.8 Å². The standard InChI is InChI=1S/C23H22F3N3O4S2/c24-23(25,26)10-2-9-22(31)11-13-29(14-12-22)21(30)16-5-7-17(8-6-16)28-35(32,33)19-4-1-3-18-20(19)27-15-34-18/h1-9,15,28,31H,10-14H2/b9-2+. The van der Waals surface area contributed by atoms with Crippen LogP contribution in [0.4, 0.5) is 18.9 Å². The normalized spacial score (nSPS) is 16.6. The third-order valence-corrected chi connectivity index (χ3v) is 7.90. The molecule has 0 aliphatic carbocycles. The molecule has 2 aromatic carbocycles. The van der Waals surface area contributed by atoms with Crippen LogP contribution in [-0.2, 0) is 10.0 Å². The molecule has 1 aliphatic rings. The van der Waals surface area contributed by atoms with Crippen LogP contribution >= 0.6 is 11.3 Å². The average Bonchev–Trinajstić information content (AvgIpc) is 3.27. The molecule has 0 radical (unpaired) electrons. The molecule has 0 bridgehead atoms. The summed E-state index contributed by atoms with van der Waals surface area (Å²) in [6.45, 7) is 0.357. The van der Waals surface area contributed by atoms with Crippen LogP contribution in [0.15, 0.2) is 65.0 Å². The number of piperidine rings is 1. The van der Waals surface area contributed by atoms with E-state index in [0.29, 0.717) is 11.1 Å². The number of amides is 1. The Hall–Kier alpha value is -2.96. The molecular weight excluding hydrogens is 503 g/mol. The quantitative estimate of drug-likeness (QED) is 0.460. The van der Waals surface area contributed by atoms with Crippen molar-refractivity contribution in [1.29, 1.82) is 0 Å². The average molecular weight is 526 g/mol. The predicted molar refractivity (Wildman–Crippen MR) is 127 cm³/mol. The second-order valence-electron chi connectivity index (χ2n) is 8.26. The van der Waals surface area contributed by atoms with Gasteiger partial charge >= 0.3 is 6.18 Å². The molecule has 1 aliphatic heterocycles. The van der Waals surface area contributed by atoms with Gasteiger partial charge in [0.1, 0.15) is 10.4 Å². The van der Waals surface area contributed by atoms with E-state index in [9.17, 15) is 31.5 Å². The maximum Gasteiger partial charge on any atom is 0.392 e. The number of rotatable bonds is 6. The summed E-state index contributed by atoms with van der Waals surface area (Å²) in [4.78, 5) is 18.5. The first kappa shape index (κ1) is 25.1. The second kappa shape index (κ2) is 9.59. The monoisotopic (exact) mass is 525 g/mol. The van der Waals surface area contributed by atoms with Crippen LogP contribution in [-0.4, -0.2) is 54.2 Å². The SMILES string of the molecule is O=C(c1ccc(NS(=O)(=O)c2cccc3scnc23)cc1)N1CCC(O)(/C=C/CC(F)(F)F)CC1. The third kappa shape index (κ3) is 6.00. The molecule has 1 saturated heterocycles. The van der Waals surface area contributed by atoms with Gasteiger partial charge in [-0.3, -0.25) is 9.52 Å². The first-order chi connectivity index (χ1) is 16.5. The molecular formula is C23H22F3N3O4S2. The third-order valence-electron chi connectivity index (χ3n) is 5.69. The van der Waals surface area contributed by atoms with Gasteiger partial charge < -0.3 is 10.0 Å². The van der Waals surface area contributed by atoms with Gasteiger partial charge in [-0.05, 0) is 49.2 Å². The summed E-state index contributed by atoms with van der Waals surface area (Å²) in [6, 6.07) is 10.8. The highest BCUT2D eigenvalue weighted by atomic mass is 32.2. The summed E-state index contributed by atoms with van der Waals surface area (Å²) in [5.41, 5.74) is 1.17. The Bertz CT molecular complexity index is 1340. The number of likely N-dealkylation sites (tertiary alicyclic amines) is 1. The van der Waals surface area contributed by atoms with E-state index in [2.05, 4.69) is 9.71 Å². The van der Waals surface area contributed by atoms with E-state index in [4.69, 9.17) is 0 Å². The number of hydrogen-bond donors (Lipinski definition) is 2. The Morgan fingerprint density at radius 1 is 1.17 bits per heavy atom. The van der Waals surface area contributed by atoms with Crippen LogP contribution in [0.2, 0.25) is 0 Å². The molecule has 1 fully saturated rings. The number of allylic oxidation sites excluding steroid dienone is 1. The minimum atomic E-state index is -4.34. The number of nitrogens with one attached hydrogen (secondary N) is 1. The van der Waals surface area contributed by atoms with Crippen molar-refractivity contribution >= 4 is 43.2 Å². The summed E-state index contributed by atoms with van der Waals surface area (Å²) < 4.78 is 65.9. The summed E-state index contributed by atoms with van der Waals surface area (Å²) in [6.07, 6.45) is -3.15. The van der Waals surface area contributed by atoms with E-state index in [0.717, 1.165) is 16.9 Å². The van der Waals surface area contributed by atoms with Gasteiger partial charge in [0.25, 0.3) is 15.9 Å². The number of sulfonamides is 1. The number of alkyl halides is 3. The smallest absolute Gasteiger partial charge is 0.386 e. The first-order valence-electron chi connectivity index (χ1n) is 10.7. The summed E-state index contributed by atoms with van der Waals surface area (Å²) >= 11 is 1.34. The van der Waals surface area contributed by atoms with Gasteiger partial charge in [0.05, 0.1) is 22.2 Å². The van der Waals surface area contributed by atoms with E-state index in [-0.39, 0.29) is 42.4 Å². The Balaban J connectivity index is 1.38. The van der Waals surface area contributed by atoms with Crippen molar-refractivity contribution in [2.45, 2.75) is 35.9 Å². The van der Waals surface area contributed by atoms with E-state index < -0.39 is 28.2 Å². The fraction of sp³-hybridized carbons (Fsp3) is 0.304. The number of para-hydroxylation sites is 1. The molecule has 186 valence electrons. The van der Waals surface area contributed by atoms with E-state index in [1.165, 1.54) is 46.6 Å². The molecule has 12 heteroatoms. The number of hydrogen-bond acceptors (Lipinski definition) is 6. The minimum absolute atomic E-state index is 0.0569. The number of carbonyl (C=O) groups excluding carboxylic acids is 1. The van der Waals surface area contributed by atoms with Crippen molar-refractivity contribution in [3.8, 4) is 0 Å². The highest BCUT2D eigenvalue weighted by Gasteiger charge is 2.33. The van der Waals surface area contributed by atoms with Crippen LogP contribution in [0.25, 0.3) is 10.2 Å². The number of aromatic nitrogens is 1. The zero-order valence-corrected chi connectivity index (χ0v) is 20.0. The topological polar surface area (TPSA) is 99.6 Å². The maximum atomic E-state index is 12.9. The molecule has 0 spiro atoms. The number of benzene rings is 2. The molecule has 2 N–H and O–H groups in total. The molecule has 1 aromatic heterocycles. The molecule has 3 aromatic rings. The molecule has 7 nitrogen and oxygen atoms in total. The lowest BCUT2D eigenvalue weighted by Crippen LogP contribution is -2.45. The van der Waals surface area contributed by atoms with Gasteiger partial charge in [-0.25, -0.2) is 13.4 Å². The van der Waals surface area contributed by atoms with Crippen LogP contribution in [0.3, 0.4) is 0 Å². The van der Waals surface area contributed by atoms with E-state index >= 15 is 0 Å². The molecule has 35 heavy (non-hydrogen) atoms. The van der Waals surface area contributed by atoms with Crippen molar-refractivity contribution < 1.29 is 31.5 Å². The maximum absolute atomic E-state index is 12.9. The van der Waals surface area contributed by atoms with Crippen LogP contribution < -0.4 is 4.72 Å². The van der Waals surface area contributed by atoms with Gasteiger partial charge in [-0.15, -0.1) is 11.3 Å². The summed E-state index contributed by atoms with van der Waals surface area (Å²) in [5.74, 6) is -0.312. The second-order valence-corrected chi connectivity index (χ2v) is 10.8. The Labute approximate surface area is 204 Å². The number of anilines is 1. The van der Waals surface area contributed by atoms with Gasteiger partial charge in [0, 0.05) is 24.3 Å². The number of carbonyl (C=O) groups is 1. The van der Waals surface area contributed by atoms with Crippen molar-refractivity contribution in [3.05, 3.63) is 65.7 Å². The summed E-state index contributed by atoms with van der Waals surface area (Å²) in [7, 11) is -3.90. The molecule has 1 amide bonds. The Morgan fingerprint density at radius 3 is 2.51 bits per heavy atom. The predicted octanol–water partition coefficient (Wildman–Crippen LogP) is 4.57. The van der Waals surface area contributed by atoms with Crippen molar-refractivity contribution in [3.63, 3.8) is 0 Å². The Morgan fingerprint density at radius 2 is 1.86 bits per heavy atom. The lowest BCUT2D eigenvalue weighted by Gasteiger charge is -2.36. The number of nitrogens with zero attached hydrogens (tertiary/aromatic N) is 2. The van der Waals surface area contributed by atoms with Crippen molar-refractivity contribution in [1.82, 2.24) is 9.88 Å². The minimum Gasteiger partial charge on any atom is -0.386 e. The lowest BCUT2D eigenvalue weighted by molar-refractivity contribution is -0.125. The fourth-order valence-electron chi connectivity index (χ4n) is 3.83. The van der Waals surface area contributed by atoms with Crippen LogP contribution in [0, 0.1) is 0 Å². The molecule has 4 rings (SSSR count). The molecule has 0 saturated carbocycles. The van der Waals surface area contributed by atoms with Crippen LogP contribution in [0.1, 0.15) is 29.6 Å². The molecule has 2 heterocycles. The molecule has 0 unspecified atom stereocenters. The van der Waals surface area contributed by atoms with Crippen LogP contribution in [0.5, 0.6) is 0 Å². The van der Waals surface area contributed by atoms with Crippen molar-refractivity contribution in [2.24, 2.45) is 0 Å².